The van der Waals surface area contributed by atoms with E-state index in [1.54, 1.807) is 27.7 Å². The topological polar surface area (TPSA) is 129 Å². The quantitative estimate of drug-likeness (QED) is 0.199. The summed E-state index contributed by atoms with van der Waals surface area (Å²) in [6.45, 7) is 19.6. The molecule has 1 unspecified atom stereocenters. The zero-order valence-corrected chi connectivity index (χ0v) is 27.3. The monoisotopic (exact) mass is 655 g/mol. The second kappa shape index (κ2) is 22.2. The molecule has 0 radical (unpaired) electrons. The summed E-state index contributed by atoms with van der Waals surface area (Å²) in [4.78, 5) is 13.4. The van der Waals surface area contributed by atoms with E-state index in [4.69, 9.17) is 0 Å². The van der Waals surface area contributed by atoms with Gasteiger partial charge in [0.2, 0.25) is 0 Å². The zero-order chi connectivity index (χ0) is 28.1. The van der Waals surface area contributed by atoms with Gasteiger partial charge in [0.25, 0.3) is 0 Å². The van der Waals surface area contributed by atoms with Crippen LogP contribution < -0.4 is 15.3 Å². The Morgan fingerprint density at radius 2 is 0.625 bits per heavy atom. The van der Waals surface area contributed by atoms with Crippen molar-refractivity contribution in [2.45, 2.75) is 58.2 Å². The molecule has 0 aromatic carbocycles. The van der Waals surface area contributed by atoms with Crippen molar-refractivity contribution >= 4 is 0 Å². The first kappa shape index (κ1) is 40.6. The van der Waals surface area contributed by atoms with Gasteiger partial charge >= 0.3 is 34.1 Å². The van der Waals surface area contributed by atoms with E-state index in [9.17, 15) is 25.5 Å². The van der Waals surface area contributed by atoms with Crippen LogP contribution in [0, 0.1) is 0 Å². The molecule has 5 atom stereocenters. The Hall–Kier alpha value is 0.599. The van der Waals surface area contributed by atoms with Crippen LogP contribution in [0.4, 0.5) is 0 Å². The molecule has 0 saturated carbocycles. The molecule has 0 aromatic rings. The van der Waals surface area contributed by atoms with E-state index >= 15 is 0 Å². The predicted molar refractivity (Wildman–Crippen MR) is 145 cm³/mol. The summed E-state index contributed by atoms with van der Waals surface area (Å²) >= 11 is 0. The summed E-state index contributed by atoms with van der Waals surface area (Å²) in [5.41, 5.74) is 0. The summed E-state index contributed by atoms with van der Waals surface area (Å²) in [6.07, 6.45) is -2.91. The number of aliphatic hydroxyl groups excluding tert-OH is 2. The molecule has 2 N–H and O–H groups in total. The number of rotatable bonds is 12. The molecule has 2 aliphatic heterocycles. The zero-order valence-electron chi connectivity index (χ0n) is 25.1. The van der Waals surface area contributed by atoms with Crippen molar-refractivity contribution in [1.82, 2.24) is 29.4 Å². The molecule has 2 fully saturated rings. The molecule has 13 heteroatoms. The van der Waals surface area contributed by atoms with Crippen LogP contribution in [-0.4, -0.2) is 188 Å². The van der Waals surface area contributed by atoms with E-state index in [-0.39, 0.29) is 34.1 Å². The Kier molecular flexibility index (Phi) is 22.5. The Bertz CT molecular complexity index is 532. The van der Waals surface area contributed by atoms with E-state index in [1.807, 2.05) is 0 Å². The molecule has 2 saturated heterocycles. The normalized spacial score (nSPS) is 24.5. The second-order valence-electron chi connectivity index (χ2n) is 11.7. The standard InChI is InChI=1S/C27H55N6O5.2Fe/c1-23(34)17-28-5-6-29(18-24(2)35)10-14-32(13-9-28)21-27(38)22-33-15-11-30(19-25(3)36)7-8-31(12-16-33)20-26(4)37;;/h23-27,34,38H,5-22H2,1-4H3;;/q-3;2*+6/t23-,24-,25-,26-,27?;;/m0../s1. The van der Waals surface area contributed by atoms with E-state index in [2.05, 4.69) is 29.4 Å². The van der Waals surface area contributed by atoms with E-state index in [1.165, 1.54) is 0 Å². The Balaban J connectivity index is 0.00000760. The number of hydrogen-bond acceptors (Lipinski definition) is 11. The summed E-state index contributed by atoms with van der Waals surface area (Å²) in [5, 5.41) is 56.6. The van der Waals surface area contributed by atoms with Crippen molar-refractivity contribution in [3.8, 4) is 0 Å². The largest absolute Gasteiger partial charge is 6.00 e. The van der Waals surface area contributed by atoms with E-state index in [0.717, 1.165) is 78.5 Å². The second-order valence-corrected chi connectivity index (χ2v) is 11.7. The van der Waals surface area contributed by atoms with Gasteiger partial charge in [-0.1, -0.05) is 20.8 Å². The third-order valence-corrected chi connectivity index (χ3v) is 7.40. The molecule has 2 heterocycles. The van der Waals surface area contributed by atoms with Crippen molar-refractivity contribution in [1.29, 1.82) is 0 Å². The number of nitrogens with zero attached hydrogens (tertiary/aromatic N) is 6. The van der Waals surface area contributed by atoms with Gasteiger partial charge in [0.15, 0.2) is 0 Å². The molecule has 40 heavy (non-hydrogen) atoms. The van der Waals surface area contributed by atoms with Crippen LogP contribution in [0.1, 0.15) is 27.7 Å². The van der Waals surface area contributed by atoms with Gasteiger partial charge in [-0.3, -0.25) is 14.7 Å². The average Bonchev–Trinajstić information content (AvgIpc) is 2.94. The SMILES string of the molecule is C[C@H]([O-])CN1CCN(CC(O)CN2CCN(C[C@H](C)[O-])CCN(C[C@H](C)O)CC2)CCN(C[C@H](C)[O-])CC1.[Fe+6].[Fe+6]. The van der Waals surface area contributed by atoms with Crippen molar-refractivity contribution in [2.24, 2.45) is 0 Å². The number of aliphatic hydroxyl groups is 2. The third kappa shape index (κ3) is 18.3. The van der Waals surface area contributed by atoms with E-state index in [0.29, 0.717) is 39.3 Å². The van der Waals surface area contributed by atoms with Crippen molar-refractivity contribution in [3.05, 3.63) is 0 Å². The molecule has 0 aliphatic carbocycles. The molecule has 230 valence electrons. The van der Waals surface area contributed by atoms with Gasteiger partial charge in [0, 0.05) is 98.2 Å². The molecule has 2 rings (SSSR count). The van der Waals surface area contributed by atoms with Gasteiger partial charge in [0.05, 0.1) is 12.2 Å². The van der Waals surface area contributed by atoms with Crippen LogP contribution >= 0.6 is 0 Å². The van der Waals surface area contributed by atoms with Gasteiger partial charge in [-0.25, -0.2) is 0 Å². The fourth-order valence-corrected chi connectivity index (χ4v) is 5.58. The molecular formula is C27H55Fe2N6O5+9. The van der Waals surface area contributed by atoms with Gasteiger partial charge in [0.1, 0.15) is 0 Å². The number of β-amino-alcohol motifs (C(OH)–C–C–N with tert-alkyl or cyclic N) is 2. The minimum atomic E-state index is -0.657. The maximum atomic E-state index is 11.9. The van der Waals surface area contributed by atoms with Gasteiger partial charge in [-0.15, -0.1) is 18.3 Å². The van der Waals surface area contributed by atoms with Crippen LogP contribution in [0.5, 0.6) is 0 Å². The first-order chi connectivity index (χ1) is 18.0. The van der Waals surface area contributed by atoms with Crippen LogP contribution in [0.15, 0.2) is 0 Å². The number of hydrogen-bond donors (Lipinski definition) is 2. The van der Waals surface area contributed by atoms with Crippen LogP contribution in [0.25, 0.3) is 0 Å². The summed E-state index contributed by atoms with van der Waals surface area (Å²) in [5.74, 6) is 0. The predicted octanol–water partition coefficient (Wildman–Crippen LogP) is -4.19. The summed E-state index contributed by atoms with van der Waals surface area (Å²) < 4.78 is 0. The molecule has 0 spiro atoms. The Morgan fingerprint density at radius 1 is 0.425 bits per heavy atom. The first-order valence-corrected chi connectivity index (χ1v) is 14.7. The average molecular weight is 655 g/mol. The summed E-state index contributed by atoms with van der Waals surface area (Å²) in [7, 11) is 0. The Morgan fingerprint density at radius 3 is 0.825 bits per heavy atom. The minimum absolute atomic E-state index is 0. The smallest absolute Gasteiger partial charge is 0.851 e. The van der Waals surface area contributed by atoms with Gasteiger partial charge < -0.3 is 40.2 Å². The van der Waals surface area contributed by atoms with Crippen LogP contribution in [0.2, 0.25) is 0 Å². The summed E-state index contributed by atoms with van der Waals surface area (Å²) in [6, 6.07) is 0. The van der Waals surface area contributed by atoms with E-state index < -0.39 is 30.5 Å². The molecule has 11 nitrogen and oxygen atoms in total. The molecule has 0 bridgehead atoms. The van der Waals surface area contributed by atoms with Crippen molar-refractivity contribution < 1.29 is 59.7 Å². The molecule has 2 aliphatic rings. The molecule has 0 amide bonds. The van der Waals surface area contributed by atoms with Crippen LogP contribution in [-0.2, 0) is 34.1 Å². The maximum Gasteiger partial charge on any atom is 6.00 e. The van der Waals surface area contributed by atoms with Gasteiger partial charge in [-0.05, 0) is 26.6 Å². The molecule has 0 aromatic heterocycles. The molecular weight excluding hydrogens is 600 g/mol. The maximum absolute atomic E-state index is 11.9. The van der Waals surface area contributed by atoms with Crippen molar-refractivity contribution in [2.75, 3.05) is 118 Å². The minimum Gasteiger partial charge on any atom is -0.851 e. The first-order valence-electron chi connectivity index (χ1n) is 14.7. The fraction of sp³-hybridized carbons (Fsp3) is 1.00. The Labute approximate surface area is 264 Å². The van der Waals surface area contributed by atoms with Crippen LogP contribution in [0.3, 0.4) is 0 Å². The third-order valence-electron chi connectivity index (χ3n) is 7.40. The fourth-order valence-electron chi connectivity index (χ4n) is 5.58. The van der Waals surface area contributed by atoms with Gasteiger partial charge in [-0.2, -0.15) is 0 Å². The van der Waals surface area contributed by atoms with Crippen molar-refractivity contribution in [3.63, 3.8) is 0 Å².